The van der Waals surface area contributed by atoms with Gasteiger partial charge in [-0.2, -0.15) is 0 Å². The summed E-state index contributed by atoms with van der Waals surface area (Å²) in [6.45, 7) is 0. The molecule has 5 nitrogen and oxygen atoms in total. The molecule has 0 amide bonds. The lowest BCUT2D eigenvalue weighted by Crippen LogP contribution is -2.08. The van der Waals surface area contributed by atoms with E-state index in [0.717, 1.165) is 6.07 Å². The average Bonchev–Trinajstić information content (AvgIpc) is 2.17. The maximum Gasteiger partial charge on any atom is 0.337 e. The molecule has 6 heteroatoms. The molecule has 0 aliphatic carbocycles. The number of carboxylic acid groups (broad SMARTS) is 2. The Kier molecular flexibility index (Phi) is 3.16. The van der Waals surface area contributed by atoms with Crippen molar-refractivity contribution in [2.75, 3.05) is 5.73 Å². The number of anilines is 1. The van der Waals surface area contributed by atoms with Crippen LogP contribution in [0.25, 0.3) is 0 Å². The molecule has 0 atom stereocenters. The summed E-state index contributed by atoms with van der Waals surface area (Å²) in [5, 5.41) is 17.5. The zero-order valence-corrected chi connectivity index (χ0v) is 8.28. The number of nitrogen functional groups attached to an aromatic ring is 1. The van der Waals surface area contributed by atoms with Crippen molar-refractivity contribution in [3.63, 3.8) is 0 Å². The molecule has 1 rings (SSSR count). The number of hydrogen-bond donors (Lipinski definition) is 3. The quantitative estimate of drug-likeness (QED) is 0.537. The number of nitrogens with two attached hydrogens (primary N) is 1. The Morgan fingerprint density at radius 3 is 2.27 bits per heavy atom. The van der Waals surface area contributed by atoms with Gasteiger partial charge >= 0.3 is 11.9 Å². The van der Waals surface area contributed by atoms with Gasteiger partial charge < -0.3 is 15.9 Å². The lowest BCUT2D eigenvalue weighted by molar-refractivity contribution is 0.0696. The molecular formula is C9H8ClNO4. The van der Waals surface area contributed by atoms with Gasteiger partial charge in [-0.25, -0.2) is 9.59 Å². The molecule has 0 bridgehead atoms. The van der Waals surface area contributed by atoms with E-state index in [2.05, 4.69) is 0 Å². The molecule has 0 saturated carbocycles. The largest absolute Gasteiger partial charge is 0.478 e. The summed E-state index contributed by atoms with van der Waals surface area (Å²) in [5.41, 5.74) is 5.42. The third kappa shape index (κ3) is 2.19. The summed E-state index contributed by atoms with van der Waals surface area (Å²) in [4.78, 5) is 21.4. The summed E-state index contributed by atoms with van der Waals surface area (Å²) >= 11 is 5.52. The maximum absolute atomic E-state index is 10.7. The van der Waals surface area contributed by atoms with Gasteiger partial charge in [-0.05, 0) is 17.7 Å². The third-order valence-corrected chi connectivity index (χ3v) is 2.17. The fourth-order valence-corrected chi connectivity index (χ4v) is 1.35. The van der Waals surface area contributed by atoms with E-state index in [4.69, 9.17) is 27.5 Å². The highest BCUT2D eigenvalue weighted by atomic mass is 35.5. The van der Waals surface area contributed by atoms with Gasteiger partial charge in [0, 0.05) is 5.88 Å². The summed E-state index contributed by atoms with van der Waals surface area (Å²) in [6.07, 6.45) is 0. The average molecular weight is 230 g/mol. The van der Waals surface area contributed by atoms with E-state index in [1.807, 2.05) is 0 Å². The number of carboxylic acids is 2. The van der Waals surface area contributed by atoms with Crippen molar-refractivity contribution >= 4 is 29.2 Å². The van der Waals surface area contributed by atoms with Crippen molar-refractivity contribution in [2.24, 2.45) is 0 Å². The van der Waals surface area contributed by atoms with Crippen molar-refractivity contribution in [3.05, 3.63) is 28.8 Å². The third-order valence-electron chi connectivity index (χ3n) is 1.89. The molecule has 0 heterocycles. The number of benzene rings is 1. The molecule has 0 unspecified atom stereocenters. The molecule has 0 spiro atoms. The van der Waals surface area contributed by atoms with Crippen LogP contribution in [0, 0.1) is 0 Å². The first-order valence-corrected chi connectivity index (χ1v) is 4.45. The van der Waals surface area contributed by atoms with E-state index in [-0.39, 0.29) is 22.7 Å². The van der Waals surface area contributed by atoms with Crippen LogP contribution in [0.1, 0.15) is 26.3 Å². The smallest absolute Gasteiger partial charge is 0.337 e. The second-order valence-electron chi connectivity index (χ2n) is 2.84. The highest BCUT2D eigenvalue weighted by Gasteiger charge is 2.15. The molecule has 0 saturated heterocycles. The first kappa shape index (κ1) is 11.3. The molecular weight excluding hydrogens is 222 g/mol. The van der Waals surface area contributed by atoms with Gasteiger partial charge in [0.15, 0.2) is 0 Å². The molecule has 0 aliphatic rings. The fraction of sp³-hybridized carbons (Fsp3) is 0.111. The summed E-state index contributed by atoms with van der Waals surface area (Å²) in [6, 6.07) is 2.27. The number of rotatable bonds is 3. The minimum atomic E-state index is -1.28. The lowest BCUT2D eigenvalue weighted by atomic mass is 10.0. The van der Waals surface area contributed by atoms with Crippen LogP contribution in [0.2, 0.25) is 0 Å². The van der Waals surface area contributed by atoms with Crippen LogP contribution < -0.4 is 5.73 Å². The maximum atomic E-state index is 10.7. The highest BCUT2D eigenvalue weighted by molar-refractivity contribution is 6.17. The molecule has 1 aromatic carbocycles. The number of carbonyl (C=O) groups is 2. The number of halogens is 1. The van der Waals surface area contributed by atoms with E-state index >= 15 is 0 Å². The second kappa shape index (κ2) is 4.18. The standard InChI is InChI=1S/C9H8ClNO4/c10-3-5-1-4(8(12)13)2-6(7(5)11)9(14)15/h1-2H,3,11H2,(H,12,13)(H,14,15). The molecule has 1 aromatic rings. The van der Waals surface area contributed by atoms with Crippen LogP contribution in [0.4, 0.5) is 5.69 Å². The van der Waals surface area contributed by atoms with E-state index in [0.29, 0.717) is 5.56 Å². The van der Waals surface area contributed by atoms with Gasteiger partial charge in [-0.1, -0.05) is 0 Å². The van der Waals surface area contributed by atoms with Crippen molar-refractivity contribution in [3.8, 4) is 0 Å². The Morgan fingerprint density at radius 1 is 1.27 bits per heavy atom. The number of alkyl halides is 1. The highest BCUT2D eigenvalue weighted by Crippen LogP contribution is 2.22. The second-order valence-corrected chi connectivity index (χ2v) is 3.11. The zero-order chi connectivity index (χ0) is 11.6. The van der Waals surface area contributed by atoms with Crippen molar-refractivity contribution in [1.82, 2.24) is 0 Å². The molecule has 0 aromatic heterocycles. The van der Waals surface area contributed by atoms with Gasteiger partial charge in [0.1, 0.15) is 0 Å². The Labute approximate surface area is 90.1 Å². The van der Waals surface area contributed by atoms with E-state index in [9.17, 15) is 9.59 Å². The van der Waals surface area contributed by atoms with Crippen LogP contribution in [0.5, 0.6) is 0 Å². The van der Waals surface area contributed by atoms with Crippen LogP contribution in [-0.2, 0) is 5.88 Å². The Hall–Kier alpha value is -1.75. The molecule has 15 heavy (non-hydrogen) atoms. The molecule has 0 fully saturated rings. The molecule has 0 radical (unpaired) electrons. The van der Waals surface area contributed by atoms with E-state index in [1.165, 1.54) is 6.07 Å². The lowest BCUT2D eigenvalue weighted by Gasteiger charge is -2.07. The molecule has 80 valence electrons. The number of hydrogen-bond acceptors (Lipinski definition) is 3. The topological polar surface area (TPSA) is 101 Å². The number of aromatic carboxylic acids is 2. The zero-order valence-electron chi connectivity index (χ0n) is 7.53. The Bertz CT molecular complexity index is 430. The van der Waals surface area contributed by atoms with Gasteiger partial charge in [0.25, 0.3) is 0 Å². The van der Waals surface area contributed by atoms with Crippen molar-refractivity contribution in [2.45, 2.75) is 5.88 Å². The minimum absolute atomic E-state index is 0.00231. The van der Waals surface area contributed by atoms with E-state index in [1.54, 1.807) is 0 Å². The van der Waals surface area contributed by atoms with Crippen LogP contribution in [0.15, 0.2) is 12.1 Å². The first-order valence-electron chi connectivity index (χ1n) is 3.92. The fourth-order valence-electron chi connectivity index (χ4n) is 1.12. The normalized spacial score (nSPS) is 9.93. The first-order chi connectivity index (χ1) is 6.97. The molecule has 0 aliphatic heterocycles. The monoisotopic (exact) mass is 229 g/mol. The van der Waals surface area contributed by atoms with E-state index < -0.39 is 11.9 Å². The Morgan fingerprint density at radius 2 is 1.87 bits per heavy atom. The summed E-state index contributed by atoms with van der Waals surface area (Å²) in [7, 11) is 0. The Balaban J connectivity index is 3.45. The summed E-state index contributed by atoms with van der Waals surface area (Å²) in [5.74, 6) is -2.53. The predicted octanol–water partition coefficient (Wildman–Crippen LogP) is 1.40. The van der Waals surface area contributed by atoms with Crippen molar-refractivity contribution in [1.29, 1.82) is 0 Å². The SMILES string of the molecule is Nc1c(CCl)cc(C(=O)O)cc1C(=O)O. The predicted molar refractivity (Wildman–Crippen MR) is 54.3 cm³/mol. The van der Waals surface area contributed by atoms with Crippen molar-refractivity contribution < 1.29 is 19.8 Å². The molecule has 4 N–H and O–H groups in total. The van der Waals surface area contributed by atoms with Crippen LogP contribution in [0.3, 0.4) is 0 Å². The van der Waals surface area contributed by atoms with Gasteiger partial charge in [-0.15, -0.1) is 11.6 Å². The van der Waals surface area contributed by atoms with Gasteiger partial charge in [0.05, 0.1) is 16.8 Å². The van der Waals surface area contributed by atoms with Crippen LogP contribution in [-0.4, -0.2) is 22.2 Å². The van der Waals surface area contributed by atoms with Gasteiger partial charge in [-0.3, -0.25) is 0 Å². The van der Waals surface area contributed by atoms with Crippen LogP contribution >= 0.6 is 11.6 Å². The minimum Gasteiger partial charge on any atom is -0.478 e. The van der Waals surface area contributed by atoms with Gasteiger partial charge in [0.2, 0.25) is 0 Å². The summed E-state index contributed by atoms with van der Waals surface area (Å²) < 4.78 is 0.